The predicted molar refractivity (Wildman–Crippen MR) is 114 cm³/mol. The second-order valence-electron chi connectivity index (χ2n) is 8.31. The minimum Gasteiger partial charge on any atom is -0.474 e. The van der Waals surface area contributed by atoms with Crippen molar-refractivity contribution in [1.82, 2.24) is 20.2 Å². The second kappa shape index (κ2) is 7.23. The summed E-state index contributed by atoms with van der Waals surface area (Å²) in [5.41, 5.74) is 3.09. The molecule has 2 aromatic heterocycles. The van der Waals surface area contributed by atoms with Gasteiger partial charge in [0.25, 0.3) is 5.91 Å². The van der Waals surface area contributed by atoms with Crippen molar-refractivity contribution < 1.29 is 14.3 Å². The molecule has 158 valence electrons. The van der Waals surface area contributed by atoms with Crippen molar-refractivity contribution in [2.24, 2.45) is 5.92 Å². The van der Waals surface area contributed by atoms with E-state index >= 15 is 0 Å². The van der Waals surface area contributed by atoms with Gasteiger partial charge < -0.3 is 15.0 Å². The van der Waals surface area contributed by atoms with Crippen LogP contribution in [0.2, 0.25) is 0 Å². The SMILES string of the molecule is CNC(=O)Nc1nc(C)c(-c2cc3c(c(OC4CC4)n2)C(=O)N([C@@H](C)C2CC2)C3)s1. The van der Waals surface area contributed by atoms with Crippen LogP contribution in [0.5, 0.6) is 5.88 Å². The minimum absolute atomic E-state index is 0.0297. The standard InChI is InChI=1S/C21H25N5O3S/c1-10-17(30-21(23-10)25-20(28)22-3)15-8-13-9-26(11(2)12-4-5-12)19(27)16(13)18(24-15)29-14-6-7-14/h8,11-12,14H,4-7,9H2,1-3H3,(H2,22,23,25,28)/t11-/m0/s1. The predicted octanol–water partition coefficient (Wildman–Crippen LogP) is 3.56. The van der Waals surface area contributed by atoms with Crippen LogP contribution < -0.4 is 15.4 Å². The van der Waals surface area contributed by atoms with Crippen molar-refractivity contribution in [2.45, 2.75) is 58.2 Å². The summed E-state index contributed by atoms with van der Waals surface area (Å²) in [6, 6.07) is 1.90. The van der Waals surface area contributed by atoms with Crippen LogP contribution in [0.4, 0.5) is 9.93 Å². The lowest BCUT2D eigenvalue weighted by Crippen LogP contribution is -2.34. The van der Waals surface area contributed by atoms with E-state index < -0.39 is 0 Å². The Kier molecular flexibility index (Phi) is 4.65. The number of hydrogen-bond donors (Lipinski definition) is 2. The molecule has 0 bridgehead atoms. The summed E-state index contributed by atoms with van der Waals surface area (Å²) in [5, 5.41) is 5.75. The highest BCUT2D eigenvalue weighted by molar-refractivity contribution is 7.19. The molecule has 2 saturated carbocycles. The first-order chi connectivity index (χ1) is 14.4. The monoisotopic (exact) mass is 427 g/mol. The molecule has 30 heavy (non-hydrogen) atoms. The van der Waals surface area contributed by atoms with Gasteiger partial charge in [-0.15, -0.1) is 0 Å². The van der Waals surface area contributed by atoms with Crippen LogP contribution in [0.1, 0.15) is 54.2 Å². The van der Waals surface area contributed by atoms with E-state index in [0.29, 0.717) is 29.0 Å². The molecule has 5 rings (SSSR count). The molecule has 0 spiro atoms. The smallest absolute Gasteiger partial charge is 0.320 e. The maximum absolute atomic E-state index is 13.2. The van der Waals surface area contributed by atoms with E-state index in [1.54, 1.807) is 7.05 Å². The molecule has 0 aromatic carbocycles. The van der Waals surface area contributed by atoms with Gasteiger partial charge in [-0.25, -0.2) is 14.8 Å². The van der Waals surface area contributed by atoms with Crippen molar-refractivity contribution in [2.75, 3.05) is 12.4 Å². The zero-order valence-electron chi connectivity index (χ0n) is 17.3. The third-order valence-electron chi connectivity index (χ3n) is 5.96. The van der Waals surface area contributed by atoms with Crippen molar-refractivity contribution in [3.63, 3.8) is 0 Å². The van der Waals surface area contributed by atoms with E-state index in [2.05, 4.69) is 22.5 Å². The molecule has 0 radical (unpaired) electrons. The van der Waals surface area contributed by atoms with E-state index in [1.165, 1.54) is 24.2 Å². The number of aromatic nitrogens is 2. The number of nitrogens with zero attached hydrogens (tertiary/aromatic N) is 3. The van der Waals surface area contributed by atoms with E-state index in [9.17, 15) is 9.59 Å². The summed E-state index contributed by atoms with van der Waals surface area (Å²) < 4.78 is 6.08. The van der Waals surface area contributed by atoms with Gasteiger partial charge in [0.2, 0.25) is 5.88 Å². The molecule has 9 heteroatoms. The molecule has 0 unspecified atom stereocenters. The zero-order chi connectivity index (χ0) is 21.0. The van der Waals surface area contributed by atoms with Crippen molar-refractivity contribution >= 4 is 28.4 Å². The molecular formula is C21H25N5O3S. The Hall–Kier alpha value is -2.68. The maximum Gasteiger partial charge on any atom is 0.320 e. The Morgan fingerprint density at radius 2 is 2.07 bits per heavy atom. The number of amides is 3. The molecular weight excluding hydrogens is 402 g/mol. The number of carbonyl (C=O) groups excluding carboxylic acids is 2. The molecule has 1 aliphatic heterocycles. The fourth-order valence-electron chi connectivity index (χ4n) is 3.88. The normalized spacial score (nSPS) is 18.9. The van der Waals surface area contributed by atoms with Gasteiger partial charge >= 0.3 is 6.03 Å². The number of rotatable bonds is 6. The van der Waals surface area contributed by atoms with Crippen molar-refractivity contribution in [1.29, 1.82) is 0 Å². The molecule has 3 heterocycles. The number of anilines is 1. The van der Waals surface area contributed by atoms with Crippen LogP contribution in [0.25, 0.3) is 10.6 Å². The van der Waals surface area contributed by atoms with E-state index in [1.807, 2.05) is 17.9 Å². The Morgan fingerprint density at radius 1 is 1.30 bits per heavy atom. The molecule has 0 saturated heterocycles. The number of aryl methyl sites for hydroxylation is 1. The lowest BCUT2D eigenvalue weighted by Gasteiger charge is -2.23. The Labute approximate surface area is 179 Å². The number of urea groups is 1. The highest BCUT2D eigenvalue weighted by Crippen LogP contribution is 2.42. The molecule has 1 atom stereocenters. The van der Waals surface area contributed by atoms with Gasteiger partial charge in [-0.1, -0.05) is 11.3 Å². The van der Waals surface area contributed by atoms with Gasteiger partial charge in [0.1, 0.15) is 11.7 Å². The van der Waals surface area contributed by atoms with Gasteiger partial charge in [-0.05, 0) is 57.1 Å². The van der Waals surface area contributed by atoms with Crippen LogP contribution in [0.3, 0.4) is 0 Å². The largest absolute Gasteiger partial charge is 0.474 e. The second-order valence-corrected chi connectivity index (χ2v) is 9.31. The first kappa shape index (κ1) is 19.3. The van der Waals surface area contributed by atoms with Crippen LogP contribution in [-0.4, -0.2) is 46.0 Å². The van der Waals surface area contributed by atoms with E-state index in [-0.39, 0.29) is 24.1 Å². The quantitative estimate of drug-likeness (QED) is 0.735. The van der Waals surface area contributed by atoms with Crippen LogP contribution in [-0.2, 0) is 6.54 Å². The number of pyridine rings is 1. The minimum atomic E-state index is -0.315. The van der Waals surface area contributed by atoms with Crippen LogP contribution in [0, 0.1) is 12.8 Å². The van der Waals surface area contributed by atoms with Gasteiger partial charge in [-0.2, -0.15) is 0 Å². The van der Waals surface area contributed by atoms with Gasteiger partial charge in [0, 0.05) is 19.6 Å². The first-order valence-corrected chi connectivity index (χ1v) is 11.2. The Balaban J connectivity index is 1.51. The molecule has 3 amide bonds. The summed E-state index contributed by atoms with van der Waals surface area (Å²) in [5.74, 6) is 1.07. The molecule has 8 nitrogen and oxygen atoms in total. The topological polar surface area (TPSA) is 96.5 Å². The van der Waals surface area contributed by atoms with Crippen LogP contribution >= 0.6 is 11.3 Å². The average molecular weight is 428 g/mol. The van der Waals surface area contributed by atoms with E-state index in [0.717, 1.165) is 34.7 Å². The third-order valence-corrected chi connectivity index (χ3v) is 7.05. The number of hydrogen-bond acceptors (Lipinski definition) is 6. The number of thiazole rings is 1. The zero-order valence-corrected chi connectivity index (χ0v) is 18.1. The molecule has 3 aliphatic rings. The average Bonchev–Trinajstić information content (AvgIpc) is 3.64. The third kappa shape index (κ3) is 3.51. The highest BCUT2D eigenvalue weighted by Gasteiger charge is 2.41. The van der Waals surface area contributed by atoms with Gasteiger partial charge in [0.15, 0.2) is 5.13 Å². The number of fused-ring (bicyclic) bond motifs is 1. The summed E-state index contributed by atoms with van der Waals surface area (Å²) in [6.07, 6.45) is 4.52. The summed E-state index contributed by atoms with van der Waals surface area (Å²) in [7, 11) is 1.56. The van der Waals surface area contributed by atoms with Crippen LogP contribution in [0.15, 0.2) is 6.07 Å². The van der Waals surface area contributed by atoms with Gasteiger partial charge in [-0.3, -0.25) is 10.1 Å². The molecule has 2 aromatic rings. The lowest BCUT2D eigenvalue weighted by molar-refractivity contribution is 0.0693. The Morgan fingerprint density at radius 3 is 2.73 bits per heavy atom. The lowest BCUT2D eigenvalue weighted by atomic mass is 10.1. The van der Waals surface area contributed by atoms with Crippen molar-refractivity contribution in [3.05, 3.63) is 22.9 Å². The Bertz CT molecular complexity index is 1030. The summed E-state index contributed by atoms with van der Waals surface area (Å²) in [6.45, 7) is 4.62. The molecule has 2 aliphatic carbocycles. The summed E-state index contributed by atoms with van der Waals surface area (Å²) in [4.78, 5) is 36.9. The molecule has 2 fully saturated rings. The van der Waals surface area contributed by atoms with Gasteiger partial charge in [0.05, 0.1) is 16.3 Å². The first-order valence-electron chi connectivity index (χ1n) is 10.4. The highest BCUT2D eigenvalue weighted by atomic mass is 32.1. The number of carbonyl (C=O) groups is 2. The van der Waals surface area contributed by atoms with Crippen molar-refractivity contribution in [3.8, 4) is 16.5 Å². The maximum atomic E-state index is 13.2. The fraction of sp³-hybridized carbons (Fsp3) is 0.524. The summed E-state index contributed by atoms with van der Waals surface area (Å²) >= 11 is 1.37. The fourth-order valence-corrected chi connectivity index (χ4v) is 4.80. The number of nitrogens with one attached hydrogen (secondary N) is 2. The molecule has 2 N–H and O–H groups in total. The van der Waals surface area contributed by atoms with E-state index in [4.69, 9.17) is 9.72 Å². The number of ether oxygens (including phenoxy) is 1.